The zero-order valence-corrected chi connectivity index (χ0v) is 13.1. The maximum Gasteiger partial charge on any atom is 0.0698 e. The van der Waals surface area contributed by atoms with Crippen LogP contribution in [-0.4, -0.2) is 44.8 Å². The minimum absolute atomic E-state index is 0.415. The van der Waals surface area contributed by atoms with Crippen LogP contribution < -0.4 is 5.32 Å². The minimum atomic E-state index is 0.415. The number of nitrogens with zero attached hydrogens (tertiary/aromatic N) is 1. The van der Waals surface area contributed by atoms with Crippen molar-refractivity contribution in [1.82, 2.24) is 10.2 Å². The van der Waals surface area contributed by atoms with Gasteiger partial charge in [0.15, 0.2) is 0 Å². The lowest BCUT2D eigenvalue weighted by atomic mass is 9.99. The summed E-state index contributed by atoms with van der Waals surface area (Å²) in [4.78, 5) is 2.50. The van der Waals surface area contributed by atoms with Gasteiger partial charge >= 0.3 is 0 Å². The van der Waals surface area contributed by atoms with E-state index in [0.29, 0.717) is 12.0 Å². The number of piperidine rings is 1. The first-order chi connectivity index (χ1) is 9.72. The van der Waals surface area contributed by atoms with E-state index in [0.717, 1.165) is 19.6 Å². The Bertz CT molecular complexity index is 390. The van der Waals surface area contributed by atoms with E-state index in [2.05, 4.69) is 41.4 Å². The van der Waals surface area contributed by atoms with Gasteiger partial charge in [-0.15, -0.1) is 0 Å². The second kappa shape index (κ2) is 7.77. The zero-order valence-electron chi connectivity index (χ0n) is 13.1. The van der Waals surface area contributed by atoms with E-state index in [1.54, 1.807) is 0 Å². The van der Waals surface area contributed by atoms with Crippen LogP contribution in [-0.2, 0) is 11.3 Å². The molecular weight excluding hydrogens is 248 g/mol. The third kappa shape index (κ3) is 4.30. The summed E-state index contributed by atoms with van der Waals surface area (Å²) < 4.78 is 5.49. The SMILES string of the molecule is CNCC(C)c1ccc(CN2CCCC(OC)C2)cc1. The quantitative estimate of drug-likeness (QED) is 0.864. The Morgan fingerprint density at radius 2 is 2.10 bits per heavy atom. The second-order valence-corrected chi connectivity index (χ2v) is 5.94. The Morgan fingerprint density at radius 1 is 1.35 bits per heavy atom. The van der Waals surface area contributed by atoms with Crippen LogP contribution in [0.5, 0.6) is 0 Å². The van der Waals surface area contributed by atoms with Crippen molar-refractivity contribution < 1.29 is 4.74 Å². The van der Waals surface area contributed by atoms with E-state index in [1.807, 2.05) is 14.2 Å². The van der Waals surface area contributed by atoms with Crippen molar-refractivity contribution in [2.45, 2.75) is 38.3 Å². The minimum Gasteiger partial charge on any atom is -0.380 e. The summed E-state index contributed by atoms with van der Waals surface area (Å²) in [5, 5.41) is 3.24. The van der Waals surface area contributed by atoms with Crippen molar-refractivity contribution in [3.8, 4) is 0 Å². The monoisotopic (exact) mass is 276 g/mol. The molecule has 1 aliphatic heterocycles. The number of likely N-dealkylation sites (tertiary alicyclic amines) is 1. The maximum absolute atomic E-state index is 5.49. The number of methoxy groups -OCH3 is 1. The van der Waals surface area contributed by atoms with Crippen LogP contribution in [0, 0.1) is 0 Å². The van der Waals surface area contributed by atoms with Gasteiger partial charge in [-0.25, -0.2) is 0 Å². The Hall–Kier alpha value is -0.900. The lowest BCUT2D eigenvalue weighted by Crippen LogP contribution is -2.38. The molecule has 2 rings (SSSR count). The molecule has 1 aromatic carbocycles. The highest BCUT2D eigenvalue weighted by atomic mass is 16.5. The summed E-state index contributed by atoms with van der Waals surface area (Å²) >= 11 is 0. The Kier molecular flexibility index (Phi) is 6.02. The highest BCUT2D eigenvalue weighted by Crippen LogP contribution is 2.18. The summed E-state index contributed by atoms with van der Waals surface area (Å²) in [6.45, 7) is 6.59. The van der Waals surface area contributed by atoms with Crippen LogP contribution in [0.2, 0.25) is 0 Å². The third-order valence-corrected chi connectivity index (χ3v) is 4.26. The topological polar surface area (TPSA) is 24.5 Å². The summed E-state index contributed by atoms with van der Waals surface area (Å²) in [6, 6.07) is 9.10. The number of hydrogen-bond donors (Lipinski definition) is 1. The van der Waals surface area contributed by atoms with Crippen LogP contribution in [0.25, 0.3) is 0 Å². The zero-order chi connectivity index (χ0) is 14.4. The van der Waals surface area contributed by atoms with E-state index >= 15 is 0 Å². The Balaban J connectivity index is 1.90. The van der Waals surface area contributed by atoms with E-state index in [4.69, 9.17) is 4.74 Å². The van der Waals surface area contributed by atoms with Gasteiger partial charge in [-0.2, -0.15) is 0 Å². The van der Waals surface area contributed by atoms with Crippen molar-refractivity contribution in [2.24, 2.45) is 0 Å². The van der Waals surface area contributed by atoms with Crippen molar-refractivity contribution in [3.63, 3.8) is 0 Å². The molecule has 1 N–H and O–H groups in total. The number of nitrogens with one attached hydrogen (secondary N) is 1. The summed E-state index contributed by atoms with van der Waals surface area (Å²) in [7, 11) is 3.83. The first kappa shape index (κ1) is 15.5. The highest BCUT2D eigenvalue weighted by Gasteiger charge is 2.19. The molecule has 3 heteroatoms. The lowest BCUT2D eigenvalue weighted by Gasteiger charge is -2.31. The molecule has 2 unspecified atom stereocenters. The van der Waals surface area contributed by atoms with Gasteiger partial charge in [-0.3, -0.25) is 4.90 Å². The average molecular weight is 276 g/mol. The molecule has 1 heterocycles. The number of likely N-dealkylation sites (N-methyl/N-ethyl adjacent to an activating group) is 1. The molecule has 1 fully saturated rings. The predicted molar refractivity (Wildman–Crippen MR) is 84.1 cm³/mol. The average Bonchev–Trinajstić information content (AvgIpc) is 2.48. The van der Waals surface area contributed by atoms with Crippen molar-refractivity contribution >= 4 is 0 Å². The number of hydrogen-bond acceptors (Lipinski definition) is 3. The molecule has 1 saturated heterocycles. The normalized spacial score (nSPS) is 21.9. The summed E-state index contributed by atoms with van der Waals surface area (Å²) in [6.07, 6.45) is 2.86. The molecule has 0 amide bonds. The molecule has 1 aliphatic rings. The van der Waals surface area contributed by atoms with E-state index in [1.165, 1.54) is 30.5 Å². The highest BCUT2D eigenvalue weighted by molar-refractivity contribution is 5.25. The molecule has 0 aromatic heterocycles. The maximum atomic E-state index is 5.49. The van der Waals surface area contributed by atoms with Gasteiger partial charge in [-0.1, -0.05) is 31.2 Å². The molecule has 0 bridgehead atoms. The first-order valence-electron chi connectivity index (χ1n) is 7.71. The predicted octanol–water partition coefficient (Wildman–Crippen LogP) is 2.62. The smallest absolute Gasteiger partial charge is 0.0698 e. The fourth-order valence-corrected chi connectivity index (χ4v) is 2.98. The molecule has 1 aromatic rings. The van der Waals surface area contributed by atoms with Gasteiger partial charge in [0.05, 0.1) is 6.10 Å². The molecule has 2 atom stereocenters. The van der Waals surface area contributed by atoms with Crippen LogP contribution >= 0.6 is 0 Å². The van der Waals surface area contributed by atoms with Crippen LogP contribution in [0.4, 0.5) is 0 Å². The largest absolute Gasteiger partial charge is 0.380 e. The molecule has 0 radical (unpaired) electrons. The fourth-order valence-electron chi connectivity index (χ4n) is 2.98. The molecule has 0 spiro atoms. The Morgan fingerprint density at radius 3 is 2.75 bits per heavy atom. The van der Waals surface area contributed by atoms with E-state index in [9.17, 15) is 0 Å². The van der Waals surface area contributed by atoms with Gasteiger partial charge < -0.3 is 10.1 Å². The Labute approximate surface area is 123 Å². The van der Waals surface area contributed by atoms with Crippen LogP contribution in [0.3, 0.4) is 0 Å². The molecule has 3 nitrogen and oxygen atoms in total. The second-order valence-electron chi connectivity index (χ2n) is 5.94. The lowest BCUT2D eigenvalue weighted by molar-refractivity contribution is 0.0285. The summed E-state index contributed by atoms with van der Waals surface area (Å²) in [5.41, 5.74) is 2.82. The molecule has 20 heavy (non-hydrogen) atoms. The van der Waals surface area contributed by atoms with E-state index in [-0.39, 0.29) is 0 Å². The van der Waals surface area contributed by atoms with Crippen molar-refractivity contribution in [3.05, 3.63) is 35.4 Å². The summed E-state index contributed by atoms with van der Waals surface area (Å²) in [5.74, 6) is 0.571. The van der Waals surface area contributed by atoms with Crippen LogP contribution in [0.1, 0.15) is 36.8 Å². The van der Waals surface area contributed by atoms with Crippen LogP contribution in [0.15, 0.2) is 24.3 Å². The van der Waals surface area contributed by atoms with Gasteiger partial charge in [0, 0.05) is 26.7 Å². The fraction of sp³-hybridized carbons (Fsp3) is 0.647. The number of rotatable bonds is 6. The first-order valence-corrected chi connectivity index (χ1v) is 7.71. The van der Waals surface area contributed by atoms with Crippen molar-refractivity contribution in [1.29, 1.82) is 0 Å². The van der Waals surface area contributed by atoms with Gasteiger partial charge in [-0.05, 0) is 43.5 Å². The number of ether oxygens (including phenoxy) is 1. The molecule has 0 saturated carbocycles. The number of benzene rings is 1. The van der Waals surface area contributed by atoms with Crippen molar-refractivity contribution in [2.75, 3.05) is 33.8 Å². The molecule has 0 aliphatic carbocycles. The third-order valence-electron chi connectivity index (χ3n) is 4.26. The standard InChI is InChI=1S/C17H28N2O/c1-14(11-18-2)16-8-6-15(7-9-16)12-19-10-4-5-17(13-19)20-3/h6-9,14,17-18H,4-5,10-13H2,1-3H3. The van der Waals surface area contributed by atoms with Gasteiger partial charge in [0.1, 0.15) is 0 Å². The molecule has 112 valence electrons. The van der Waals surface area contributed by atoms with E-state index < -0.39 is 0 Å². The van der Waals surface area contributed by atoms with Gasteiger partial charge in [0.2, 0.25) is 0 Å². The molecular formula is C17H28N2O. The van der Waals surface area contributed by atoms with Gasteiger partial charge in [0.25, 0.3) is 0 Å².